The standard InChI is InChI=1S/C17H14N2O/c1-12-4-2-6-14(10-12)19-17(20)15-7-3-5-13-8-9-18-11-16(13)15/h2-11H,1H3,(H,19,20). The molecule has 3 aromatic rings. The SMILES string of the molecule is Cc1cccc(NC(=O)c2cccc3ccncc23)c1. The van der Waals surface area contributed by atoms with E-state index in [-0.39, 0.29) is 5.91 Å². The number of nitrogens with zero attached hydrogens (tertiary/aromatic N) is 1. The van der Waals surface area contributed by atoms with E-state index in [0.717, 1.165) is 22.0 Å². The number of anilines is 1. The van der Waals surface area contributed by atoms with Crippen molar-refractivity contribution in [3.05, 3.63) is 72.1 Å². The molecule has 0 radical (unpaired) electrons. The minimum Gasteiger partial charge on any atom is -0.322 e. The summed E-state index contributed by atoms with van der Waals surface area (Å²) in [5.41, 5.74) is 2.55. The van der Waals surface area contributed by atoms with Crippen molar-refractivity contribution in [1.82, 2.24) is 4.98 Å². The van der Waals surface area contributed by atoms with Crippen LogP contribution in [0.1, 0.15) is 15.9 Å². The Morgan fingerprint density at radius 2 is 1.95 bits per heavy atom. The van der Waals surface area contributed by atoms with Crippen molar-refractivity contribution in [2.24, 2.45) is 0 Å². The Morgan fingerprint density at radius 1 is 1.10 bits per heavy atom. The molecule has 0 saturated carbocycles. The second-order valence-electron chi connectivity index (χ2n) is 4.73. The van der Waals surface area contributed by atoms with Crippen LogP contribution >= 0.6 is 0 Å². The number of benzene rings is 2. The molecule has 3 nitrogen and oxygen atoms in total. The van der Waals surface area contributed by atoms with Gasteiger partial charge >= 0.3 is 0 Å². The van der Waals surface area contributed by atoms with E-state index < -0.39 is 0 Å². The Morgan fingerprint density at radius 3 is 2.80 bits per heavy atom. The minimum absolute atomic E-state index is 0.116. The molecular formula is C17H14N2O. The Hall–Kier alpha value is -2.68. The van der Waals surface area contributed by atoms with Gasteiger partial charge in [-0.15, -0.1) is 0 Å². The second-order valence-corrected chi connectivity index (χ2v) is 4.73. The fourth-order valence-corrected chi connectivity index (χ4v) is 2.23. The van der Waals surface area contributed by atoms with E-state index in [1.54, 1.807) is 12.4 Å². The van der Waals surface area contributed by atoms with Crippen LogP contribution in [0, 0.1) is 6.92 Å². The average Bonchev–Trinajstić information content (AvgIpc) is 2.46. The largest absolute Gasteiger partial charge is 0.322 e. The van der Waals surface area contributed by atoms with E-state index in [1.165, 1.54) is 0 Å². The van der Waals surface area contributed by atoms with Crippen molar-refractivity contribution in [3.8, 4) is 0 Å². The lowest BCUT2D eigenvalue weighted by molar-refractivity contribution is 0.102. The van der Waals surface area contributed by atoms with Crippen molar-refractivity contribution in [2.75, 3.05) is 5.32 Å². The van der Waals surface area contributed by atoms with Crippen LogP contribution in [0.5, 0.6) is 0 Å². The Labute approximate surface area is 117 Å². The van der Waals surface area contributed by atoms with Crippen LogP contribution in [0.2, 0.25) is 0 Å². The van der Waals surface area contributed by atoms with Crippen LogP contribution in [-0.4, -0.2) is 10.9 Å². The lowest BCUT2D eigenvalue weighted by Gasteiger charge is -2.08. The number of carbonyl (C=O) groups is 1. The first-order chi connectivity index (χ1) is 9.74. The van der Waals surface area contributed by atoms with Crippen LogP contribution in [0.25, 0.3) is 10.8 Å². The summed E-state index contributed by atoms with van der Waals surface area (Å²) in [5.74, 6) is -0.116. The number of rotatable bonds is 2. The molecule has 0 unspecified atom stereocenters. The summed E-state index contributed by atoms with van der Waals surface area (Å²) in [6, 6.07) is 15.3. The zero-order valence-electron chi connectivity index (χ0n) is 11.1. The molecular weight excluding hydrogens is 248 g/mol. The summed E-state index contributed by atoms with van der Waals surface area (Å²) in [4.78, 5) is 16.5. The normalized spacial score (nSPS) is 10.4. The molecule has 0 spiro atoms. The zero-order chi connectivity index (χ0) is 13.9. The Balaban J connectivity index is 1.97. The van der Waals surface area contributed by atoms with Crippen molar-refractivity contribution < 1.29 is 4.79 Å². The minimum atomic E-state index is -0.116. The van der Waals surface area contributed by atoms with Gasteiger partial charge in [0.25, 0.3) is 5.91 Å². The third-order valence-electron chi connectivity index (χ3n) is 3.20. The number of aromatic nitrogens is 1. The van der Waals surface area contributed by atoms with Crippen molar-refractivity contribution in [3.63, 3.8) is 0 Å². The second kappa shape index (κ2) is 5.13. The van der Waals surface area contributed by atoms with Gasteiger partial charge in [-0.3, -0.25) is 9.78 Å². The smallest absolute Gasteiger partial charge is 0.256 e. The van der Waals surface area contributed by atoms with Gasteiger partial charge in [-0.1, -0.05) is 24.3 Å². The summed E-state index contributed by atoms with van der Waals surface area (Å²) >= 11 is 0. The molecule has 98 valence electrons. The van der Waals surface area contributed by atoms with Crippen LogP contribution in [0.4, 0.5) is 5.69 Å². The predicted molar refractivity (Wildman–Crippen MR) is 80.9 cm³/mol. The number of hydrogen-bond acceptors (Lipinski definition) is 2. The molecule has 20 heavy (non-hydrogen) atoms. The summed E-state index contributed by atoms with van der Waals surface area (Å²) in [6.45, 7) is 2.00. The molecule has 1 amide bonds. The first kappa shape index (κ1) is 12.4. The highest BCUT2D eigenvalue weighted by Crippen LogP contribution is 2.19. The Bertz CT molecular complexity index is 775. The van der Waals surface area contributed by atoms with E-state index in [2.05, 4.69) is 10.3 Å². The quantitative estimate of drug-likeness (QED) is 0.763. The van der Waals surface area contributed by atoms with E-state index in [0.29, 0.717) is 5.56 Å². The van der Waals surface area contributed by atoms with Crippen LogP contribution in [-0.2, 0) is 0 Å². The topological polar surface area (TPSA) is 42.0 Å². The third kappa shape index (κ3) is 2.38. The molecule has 0 bridgehead atoms. The maximum atomic E-state index is 12.4. The number of nitrogens with one attached hydrogen (secondary N) is 1. The van der Waals surface area contributed by atoms with Crippen LogP contribution < -0.4 is 5.32 Å². The highest BCUT2D eigenvalue weighted by molar-refractivity contribution is 6.12. The van der Waals surface area contributed by atoms with E-state index in [1.807, 2.05) is 55.5 Å². The first-order valence-corrected chi connectivity index (χ1v) is 6.45. The number of hydrogen-bond donors (Lipinski definition) is 1. The molecule has 1 heterocycles. The highest BCUT2D eigenvalue weighted by atomic mass is 16.1. The highest BCUT2D eigenvalue weighted by Gasteiger charge is 2.10. The van der Waals surface area contributed by atoms with Gasteiger partial charge < -0.3 is 5.32 Å². The van der Waals surface area contributed by atoms with Crippen molar-refractivity contribution in [2.45, 2.75) is 6.92 Å². The number of carbonyl (C=O) groups excluding carboxylic acids is 1. The molecule has 0 saturated heterocycles. The van der Waals surface area contributed by atoms with E-state index >= 15 is 0 Å². The van der Waals surface area contributed by atoms with E-state index in [9.17, 15) is 4.79 Å². The molecule has 3 heteroatoms. The van der Waals surface area contributed by atoms with Gasteiger partial charge in [0.2, 0.25) is 0 Å². The van der Waals surface area contributed by atoms with Gasteiger partial charge in [0, 0.05) is 29.0 Å². The maximum absolute atomic E-state index is 12.4. The number of amides is 1. The van der Waals surface area contributed by atoms with Gasteiger partial charge in [-0.05, 0) is 42.1 Å². The summed E-state index contributed by atoms with van der Waals surface area (Å²) in [6.07, 6.45) is 3.45. The van der Waals surface area contributed by atoms with Crippen LogP contribution in [0.15, 0.2) is 60.9 Å². The average molecular weight is 262 g/mol. The van der Waals surface area contributed by atoms with Crippen LogP contribution in [0.3, 0.4) is 0 Å². The van der Waals surface area contributed by atoms with E-state index in [4.69, 9.17) is 0 Å². The summed E-state index contributed by atoms with van der Waals surface area (Å²) in [5, 5.41) is 4.80. The third-order valence-corrected chi connectivity index (χ3v) is 3.20. The number of aryl methyl sites for hydroxylation is 1. The van der Waals surface area contributed by atoms with Crippen molar-refractivity contribution >= 4 is 22.4 Å². The van der Waals surface area contributed by atoms with Gasteiger partial charge in [0.1, 0.15) is 0 Å². The fourth-order valence-electron chi connectivity index (χ4n) is 2.23. The van der Waals surface area contributed by atoms with Gasteiger partial charge in [0.05, 0.1) is 0 Å². The van der Waals surface area contributed by atoms with Gasteiger partial charge in [0.15, 0.2) is 0 Å². The number of fused-ring (bicyclic) bond motifs is 1. The fraction of sp³-hybridized carbons (Fsp3) is 0.0588. The maximum Gasteiger partial charge on any atom is 0.256 e. The number of pyridine rings is 1. The molecule has 1 aromatic heterocycles. The lowest BCUT2D eigenvalue weighted by Crippen LogP contribution is -2.12. The summed E-state index contributed by atoms with van der Waals surface area (Å²) in [7, 11) is 0. The van der Waals surface area contributed by atoms with Crippen molar-refractivity contribution in [1.29, 1.82) is 0 Å². The molecule has 0 aliphatic carbocycles. The lowest BCUT2D eigenvalue weighted by atomic mass is 10.1. The predicted octanol–water partition coefficient (Wildman–Crippen LogP) is 3.80. The van der Waals surface area contributed by atoms with Gasteiger partial charge in [-0.25, -0.2) is 0 Å². The molecule has 1 N–H and O–H groups in total. The zero-order valence-corrected chi connectivity index (χ0v) is 11.1. The summed E-state index contributed by atoms with van der Waals surface area (Å²) < 4.78 is 0. The van der Waals surface area contributed by atoms with Gasteiger partial charge in [-0.2, -0.15) is 0 Å². The molecule has 0 atom stereocenters. The Kier molecular flexibility index (Phi) is 3.17. The monoisotopic (exact) mass is 262 g/mol. The molecule has 3 rings (SSSR count). The molecule has 0 aliphatic heterocycles. The molecule has 0 aliphatic rings. The molecule has 2 aromatic carbocycles. The molecule has 0 fully saturated rings. The first-order valence-electron chi connectivity index (χ1n) is 6.45.